The summed E-state index contributed by atoms with van der Waals surface area (Å²) in [7, 11) is -9.05. The van der Waals surface area contributed by atoms with Gasteiger partial charge in [-0.2, -0.15) is 0 Å². The second-order valence-corrected chi connectivity index (χ2v) is 24.5. The van der Waals surface area contributed by atoms with Gasteiger partial charge in [-0.1, -0.05) is 18.2 Å². The van der Waals surface area contributed by atoms with Crippen LogP contribution in [0.15, 0.2) is 30.3 Å². The predicted octanol–water partition coefficient (Wildman–Crippen LogP) is 4.41. The lowest BCUT2D eigenvalue weighted by molar-refractivity contribution is 0.0964. The van der Waals surface area contributed by atoms with E-state index >= 15 is 0 Å². The van der Waals surface area contributed by atoms with Gasteiger partial charge in [-0.25, -0.2) is 0 Å². The summed E-state index contributed by atoms with van der Waals surface area (Å²) in [5.41, 5.74) is 0.606. The number of carbonyl (C=O) groups excluding carboxylic acids is 1. The van der Waals surface area contributed by atoms with Crippen molar-refractivity contribution in [2.24, 2.45) is 0 Å². The lowest BCUT2D eigenvalue weighted by Gasteiger charge is -2.40. The second kappa shape index (κ2) is 7.99. The first-order valence-electron chi connectivity index (χ1n) is 8.59. The SMILES string of the molecule is C[Si](C)(C)O[Si](C)(C)O[Si](C)(NC(=O)c1ccccc1)O[Si](C)(C)C. The van der Waals surface area contributed by atoms with E-state index in [2.05, 4.69) is 44.3 Å². The minimum absolute atomic E-state index is 0.161. The van der Waals surface area contributed by atoms with E-state index in [9.17, 15) is 4.79 Å². The van der Waals surface area contributed by atoms with Crippen molar-refractivity contribution in [2.75, 3.05) is 0 Å². The zero-order valence-electron chi connectivity index (χ0n) is 17.0. The monoisotopic (exact) mass is 415 g/mol. The molecule has 1 aromatic carbocycles. The van der Waals surface area contributed by atoms with Crippen LogP contribution in [0.25, 0.3) is 0 Å². The number of hydrogen-bond acceptors (Lipinski definition) is 4. The van der Waals surface area contributed by atoms with Crippen molar-refractivity contribution in [2.45, 2.75) is 58.9 Å². The molecule has 1 amide bonds. The van der Waals surface area contributed by atoms with Crippen molar-refractivity contribution >= 4 is 39.8 Å². The average molecular weight is 416 g/mol. The van der Waals surface area contributed by atoms with Crippen LogP contribution in [0.2, 0.25) is 58.9 Å². The molecule has 0 spiro atoms. The Hall–Kier alpha value is -0.562. The highest BCUT2D eigenvalue weighted by molar-refractivity contribution is 6.89. The van der Waals surface area contributed by atoms with Crippen LogP contribution >= 0.6 is 0 Å². The molecule has 0 aliphatic carbocycles. The van der Waals surface area contributed by atoms with E-state index in [0.29, 0.717) is 5.56 Å². The Morgan fingerprint density at radius 3 is 1.68 bits per heavy atom. The number of nitrogens with one attached hydrogen (secondary N) is 1. The van der Waals surface area contributed by atoms with Gasteiger partial charge in [0.2, 0.25) is 5.91 Å². The zero-order valence-corrected chi connectivity index (χ0v) is 21.0. The van der Waals surface area contributed by atoms with Gasteiger partial charge in [0.15, 0.2) is 16.6 Å². The summed E-state index contributed by atoms with van der Waals surface area (Å²) in [5.74, 6) is -0.161. The Balaban J connectivity index is 3.03. The van der Waals surface area contributed by atoms with Crippen LogP contribution in [-0.2, 0) is 12.3 Å². The van der Waals surface area contributed by atoms with E-state index in [-0.39, 0.29) is 5.91 Å². The Morgan fingerprint density at radius 2 is 1.24 bits per heavy atom. The van der Waals surface area contributed by atoms with E-state index in [0.717, 1.165) is 0 Å². The van der Waals surface area contributed by atoms with Crippen LogP contribution < -0.4 is 4.98 Å². The van der Waals surface area contributed by atoms with E-state index < -0.39 is 33.9 Å². The van der Waals surface area contributed by atoms with Crippen molar-refractivity contribution in [3.8, 4) is 0 Å². The standard InChI is InChI=1S/C16H33NO4Si4/c1-22(2,3)19-24(7,8)21-25(9,20-23(4,5)6)17-16(18)15-13-11-10-12-14-15/h10-14H,1-9H3,(H,17,18). The molecular weight excluding hydrogens is 383 g/mol. The van der Waals surface area contributed by atoms with Gasteiger partial charge in [-0.05, 0) is 71.1 Å². The first-order chi connectivity index (χ1) is 11.1. The molecule has 5 nitrogen and oxygen atoms in total. The molecule has 0 aliphatic rings. The largest absolute Gasteiger partial charge is 0.437 e. The van der Waals surface area contributed by atoms with Gasteiger partial charge < -0.3 is 17.3 Å². The molecule has 0 heterocycles. The van der Waals surface area contributed by atoms with Crippen molar-refractivity contribution < 1.29 is 17.1 Å². The average Bonchev–Trinajstić information content (AvgIpc) is 2.32. The fourth-order valence-electron chi connectivity index (χ4n) is 2.75. The first-order valence-corrected chi connectivity index (χ1v) is 20.5. The fourth-order valence-corrected chi connectivity index (χ4v) is 19.1. The maximum Gasteiger partial charge on any atom is 0.436 e. The minimum Gasteiger partial charge on any atom is -0.437 e. The van der Waals surface area contributed by atoms with Gasteiger partial charge in [0, 0.05) is 5.56 Å². The third-order valence-corrected chi connectivity index (χ3v) is 15.5. The van der Waals surface area contributed by atoms with Gasteiger partial charge in [0.05, 0.1) is 0 Å². The molecule has 0 aromatic heterocycles. The number of benzene rings is 1. The molecule has 1 atom stereocenters. The predicted molar refractivity (Wildman–Crippen MR) is 113 cm³/mol. The van der Waals surface area contributed by atoms with E-state index in [1.165, 1.54) is 0 Å². The molecule has 0 radical (unpaired) electrons. The van der Waals surface area contributed by atoms with Gasteiger partial charge in [0.1, 0.15) is 0 Å². The Kier molecular flexibility index (Phi) is 7.18. The highest BCUT2D eigenvalue weighted by Gasteiger charge is 2.46. The molecule has 0 bridgehead atoms. The molecule has 0 fully saturated rings. The number of carbonyl (C=O) groups is 1. The zero-order chi connectivity index (χ0) is 19.5. The summed E-state index contributed by atoms with van der Waals surface area (Å²) in [6.45, 7) is 18.7. The molecule has 9 heteroatoms. The maximum absolute atomic E-state index is 12.7. The first kappa shape index (κ1) is 22.5. The van der Waals surface area contributed by atoms with Gasteiger partial charge in [-0.15, -0.1) is 0 Å². The van der Waals surface area contributed by atoms with E-state index in [1.807, 2.05) is 37.8 Å². The molecule has 1 aromatic rings. The van der Waals surface area contributed by atoms with Gasteiger partial charge in [0.25, 0.3) is 0 Å². The van der Waals surface area contributed by atoms with E-state index in [4.69, 9.17) is 12.3 Å². The summed E-state index contributed by atoms with van der Waals surface area (Å²) >= 11 is 0. The Labute approximate surface area is 156 Å². The van der Waals surface area contributed by atoms with Crippen LogP contribution in [0.4, 0.5) is 0 Å². The third-order valence-electron chi connectivity index (χ3n) is 2.87. The molecule has 0 aliphatic heterocycles. The van der Waals surface area contributed by atoms with Crippen LogP contribution in [0.5, 0.6) is 0 Å². The number of hydrogen-bond donors (Lipinski definition) is 1. The van der Waals surface area contributed by atoms with Crippen LogP contribution in [-0.4, -0.2) is 39.8 Å². The lowest BCUT2D eigenvalue weighted by Crippen LogP contribution is -2.65. The molecule has 0 saturated carbocycles. The quantitative estimate of drug-likeness (QED) is 0.639. The molecule has 0 saturated heterocycles. The molecule has 1 N–H and O–H groups in total. The maximum atomic E-state index is 12.7. The Morgan fingerprint density at radius 1 is 0.760 bits per heavy atom. The van der Waals surface area contributed by atoms with Crippen molar-refractivity contribution in [3.63, 3.8) is 0 Å². The van der Waals surface area contributed by atoms with Crippen molar-refractivity contribution in [1.82, 2.24) is 4.98 Å². The molecule has 142 valence electrons. The van der Waals surface area contributed by atoms with Gasteiger partial charge >= 0.3 is 17.3 Å². The number of rotatable bonds is 8. The minimum atomic E-state index is -2.94. The summed E-state index contributed by atoms with van der Waals surface area (Å²) in [6, 6.07) is 9.17. The van der Waals surface area contributed by atoms with Crippen LogP contribution in [0, 0.1) is 0 Å². The van der Waals surface area contributed by atoms with Crippen LogP contribution in [0.3, 0.4) is 0 Å². The molecule has 25 heavy (non-hydrogen) atoms. The Bertz CT molecular complexity index is 584. The fraction of sp³-hybridized carbons (Fsp3) is 0.562. The van der Waals surface area contributed by atoms with Crippen molar-refractivity contribution in [3.05, 3.63) is 35.9 Å². The smallest absolute Gasteiger partial charge is 0.436 e. The summed E-state index contributed by atoms with van der Waals surface area (Å²) in [5, 5.41) is 0. The molecule has 1 rings (SSSR count). The second-order valence-electron chi connectivity index (χ2n) is 8.70. The summed E-state index contributed by atoms with van der Waals surface area (Å²) in [4.78, 5) is 15.7. The molecular formula is C16H33NO4Si4. The summed E-state index contributed by atoms with van der Waals surface area (Å²) in [6.07, 6.45) is 0. The van der Waals surface area contributed by atoms with Gasteiger partial charge in [-0.3, -0.25) is 4.79 Å². The highest BCUT2D eigenvalue weighted by atomic mass is 28.5. The normalized spacial score (nSPS) is 15.6. The lowest BCUT2D eigenvalue weighted by atomic mass is 10.2. The number of amides is 1. The van der Waals surface area contributed by atoms with Crippen molar-refractivity contribution in [1.29, 1.82) is 0 Å². The van der Waals surface area contributed by atoms with Crippen LogP contribution in [0.1, 0.15) is 10.4 Å². The third kappa shape index (κ3) is 9.08. The van der Waals surface area contributed by atoms with E-state index in [1.54, 1.807) is 12.1 Å². The topological polar surface area (TPSA) is 56.8 Å². The molecule has 1 unspecified atom stereocenters. The summed E-state index contributed by atoms with van der Waals surface area (Å²) < 4.78 is 19.1. The highest BCUT2D eigenvalue weighted by Crippen LogP contribution is 2.22.